The molecule has 0 heterocycles. The highest BCUT2D eigenvalue weighted by atomic mass is 31.2. The number of rotatable bonds is 7. The van der Waals surface area contributed by atoms with Gasteiger partial charge in [-0.25, -0.2) is 0 Å². The van der Waals surface area contributed by atoms with E-state index in [1.54, 1.807) is 0 Å². The van der Waals surface area contributed by atoms with Gasteiger partial charge in [-0.15, -0.1) is 4.52 Å². The van der Waals surface area contributed by atoms with Crippen LogP contribution in [0, 0.1) is 20.8 Å². The second-order valence-corrected chi connectivity index (χ2v) is 8.42. The SMILES string of the molecule is CCO[P+](=O)OP(Cc1c(C)cc(C)cc1C)c1ccccc1. The Bertz CT molecular complexity index is 648. The van der Waals surface area contributed by atoms with Crippen LogP contribution < -0.4 is 5.30 Å². The molecule has 0 saturated heterocycles. The first-order valence-electron chi connectivity index (χ1n) is 7.68. The largest absolute Gasteiger partial charge is 0.700 e. The van der Waals surface area contributed by atoms with E-state index < -0.39 is 16.4 Å². The van der Waals surface area contributed by atoms with Crippen molar-refractivity contribution in [3.8, 4) is 0 Å². The zero-order valence-electron chi connectivity index (χ0n) is 14.1. The van der Waals surface area contributed by atoms with Crippen molar-refractivity contribution in [1.29, 1.82) is 0 Å². The van der Waals surface area contributed by atoms with E-state index in [1.165, 1.54) is 22.3 Å². The van der Waals surface area contributed by atoms with Gasteiger partial charge in [0.2, 0.25) is 0 Å². The van der Waals surface area contributed by atoms with Crippen molar-refractivity contribution in [2.24, 2.45) is 0 Å². The van der Waals surface area contributed by atoms with Gasteiger partial charge < -0.3 is 0 Å². The second kappa shape index (κ2) is 8.66. The van der Waals surface area contributed by atoms with E-state index in [0.29, 0.717) is 6.61 Å². The average molecular weight is 349 g/mol. The normalized spacial score (nSPS) is 13.0. The zero-order chi connectivity index (χ0) is 16.8. The highest BCUT2D eigenvalue weighted by Crippen LogP contribution is 2.49. The molecular formula is C18H23O3P2+. The quantitative estimate of drug-likeness (QED) is 0.615. The van der Waals surface area contributed by atoms with Gasteiger partial charge in [0.25, 0.3) is 0 Å². The number of aryl methyl sites for hydroxylation is 3. The predicted molar refractivity (Wildman–Crippen MR) is 97.7 cm³/mol. The lowest BCUT2D eigenvalue weighted by molar-refractivity contribution is 0.309. The van der Waals surface area contributed by atoms with Crippen LogP contribution in [-0.2, 0) is 19.6 Å². The first-order chi connectivity index (χ1) is 11.0. The van der Waals surface area contributed by atoms with Crippen LogP contribution in [0.5, 0.6) is 0 Å². The molecule has 0 aromatic heterocycles. The van der Waals surface area contributed by atoms with Crippen molar-refractivity contribution < 1.29 is 13.4 Å². The summed E-state index contributed by atoms with van der Waals surface area (Å²) in [5, 5.41) is 1.07. The van der Waals surface area contributed by atoms with E-state index in [-0.39, 0.29) is 0 Å². The summed E-state index contributed by atoms with van der Waals surface area (Å²) >= 11 is 0. The van der Waals surface area contributed by atoms with Crippen molar-refractivity contribution >= 4 is 21.7 Å². The third kappa shape index (κ3) is 5.19. The van der Waals surface area contributed by atoms with E-state index in [9.17, 15) is 4.57 Å². The van der Waals surface area contributed by atoms with E-state index in [0.717, 1.165) is 11.5 Å². The van der Waals surface area contributed by atoms with Crippen molar-refractivity contribution in [2.45, 2.75) is 33.9 Å². The minimum Gasteiger partial charge on any atom is -0.119 e. The summed E-state index contributed by atoms with van der Waals surface area (Å²) in [4.78, 5) is 0. The Hall–Kier alpha value is -1.11. The van der Waals surface area contributed by atoms with Gasteiger partial charge in [-0.2, -0.15) is 0 Å². The Balaban J connectivity index is 2.30. The maximum atomic E-state index is 12.0. The van der Waals surface area contributed by atoms with Gasteiger partial charge in [-0.05, 0) is 44.4 Å². The lowest BCUT2D eigenvalue weighted by Gasteiger charge is -2.15. The molecule has 0 aliphatic rings. The maximum Gasteiger partial charge on any atom is 0.700 e. The molecular weight excluding hydrogens is 326 g/mol. The van der Waals surface area contributed by atoms with Crippen LogP contribution in [0.15, 0.2) is 42.5 Å². The fourth-order valence-corrected chi connectivity index (χ4v) is 5.70. The van der Waals surface area contributed by atoms with Crippen LogP contribution in [-0.4, -0.2) is 6.61 Å². The van der Waals surface area contributed by atoms with Gasteiger partial charge >= 0.3 is 8.25 Å². The van der Waals surface area contributed by atoms with Crippen molar-refractivity contribution in [2.75, 3.05) is 6.61 Å². The lowest BCUT2D eigenvalue weighted by Crippen LogP contribution is -2.05. The third-order valence-corrected chi connectivity index (χ3v) is 6.85. The molecule has 0 amide bonds. The minimum absolute atomic E-state index is 0.385. The van der Waals surface area contributed by atoms with Crippen LogP contribution in [0.25, 0.3) is 0 Å². The summed E-state index contributed by atoms with van der Waals surface area (Å²) in [5.41, 5.74) is 5.03. The summed E-state index contributed by atoms with van der Waals surface area (Å²) in [6.45, 7) is 8.55. The molecule has 0 fully saturated rings. The molecule has 0 N–H and O–H groups in total. The van der Waals surface area contributed by atoms with Gasteiger partial charge in [0.05, 0.1) is 0 Å². The zero-order valence-corrected chi connectivity index (χ0v) is 15.9. The smallest absolute Gasteiger partial charge is 0.119 e. The molecule has 0 aliphatic heterocycles. The van der Waals surface area contributed by atoms with Crippen molar-refractivity contribution in [1.82, 2.24) is 0 Å². The molecule has 0 aliphatic carbocycles. The van der Waals surface area contributed by atoms with Crippen molar-refractivity contribution in [3.63, 3.8) is 0 Å². The Morgan fingerprint density at radius 1 is 1.04 bits per heavy atom. The molecule has 0 saturated carbocycles. The summed E-state index contributed by atoms with van der Waals surface area (Å²) in [6, 6.07) is 14.4. The van der Waals surface area contributed by atoms with Gasteiger partial charge in [-0.3, -0.25) is 0 Å². The molecule has 0 radical (unpaired) electrons. The summed E-state index contributed by atoms with van der Waals surface area (Å²) in [6.07, 6.45) is 0.742. The monoisotopic (exact) mass is 349 g/mol. The molecule has 5 heteroatoms. The summed E-state index contributed by atoms with van der Waals surface area (Å²) < 4.78 is 22.8. The molecule has 0 spiro atoms. The van der Waals surface area contributed by atoms with Crippen LogP contribution in [0.1, 0.15) is 29.2 Å². The number of hydrogen-bond acceptors (Lipinski definition) is 3. The number of hydrogen-bond donors (Lipinski definition) is 0. The van der Waals surface area contributed by atoms with Gasteiger partial charge in [0.1, 0.15) is 14.8 Å². The first kappa shape index (κ1) is 18.2. The fraction of sp³-hybridized carbons (Fsp3) is 0.333. The Morgan fingerprint density at radius 2 is 1.65 bits per heavy atom. The topological polar surface area (TPSA) is 35.5 Å². The summed E-state index contributed by atoms with van der Waals surface area (Å²) in [7, 11) is -3.12. The van der Waals surface area contributed by atoms with Crippen LogP contribution in [0.3, 0.4) is 0 Å². The molecule has 23 heavy (non-hydrogen) atoms. The van der Waals surface area contributed by atoms with Crippen LogP contribution >= 0.6 is 16.4 Å². The highest BCUT2D eigenvalue weighted by molar-refractivity contribution is 7.65. The fourth-order valence-electron chi connectivity index (χ4n) is 2.57. The van der Waals surface area contributed by atoms with Crippen LogP contribution in [0.4, 0.5) is 0 Å². The van der Waals surface area contributed by atoms with E-state index in [4.69, 9.17) is 8.83 Å². The maximum absolute atomic E-state index is 12.0. The van der Waals surface area contributed by atoms with Crippen molar-refractivity contribution in [3.05, 3.63) is 64.7 Å². The Labute approximate surface area is 140 Å². The standard InChI is InChI=1S/C18H23O3P2/c1-5-20-23(19)21-22(17-9-7-6-8-10-17)13-18-15(3)11-14(2)12-16(18)4/h6-12H,5,13H2,1-4H3/q+1. The van der Waals surface area contributed by atoms with Gasteiger partial charge in [0, 0.05) is 16.0 Å². The molecule has 122 valence electrons. The first-order valence-corrected chi connectivity index (χ1v) is 10.2. The van der Waals surface area contributed by atoms with Gasteiger partial charge in [0.15, 0.2) is 0 Å². The Morgan fingerprint density at radius 3 is 2.22 bits per heavy atom. The third-order valence-electron chi connectivity index (χ3n) is 3.59. The van der Waals surface area contributed by atoms with E-state index in [2.05, 4.69) is 32.9 Å². The second-order valence-electron chi connectivity index (χ2n) is 5.47. The Kier molecular flexibility index (Phi) is 6.87. The van der Waals surface area contributed by atoms with Crippen LogP contribution in [0.2, 0.25) is 0 Å². The van der Waals surface area contributed by atoms with E-state index in [1.807, 2.05) is 37.3 Å². The average Bonchev–Trinajstić information content (AvgIpc) is 2.50. The number of benzene rings is 2. The lowest BCUT2D eigenvalue weighted by atomic mass is 10.0. The molecule has 2 aromatic carbocycles. The molecule has 3 nitrogen and oxygen atoms in total. The molecule has 2 atom stereocenters. The summed E-state index contributed by atoms with van der Waals surface area (Å²) in [5.74, 6) is 0. The minimum atomic E-state index is -2.09. The van der Waals surface area contributed by atoms with E-state index >= 15 is 0 Å². The molecule has 2 rings (SSSR count). The van der Waals surface area contributed by atoms with Gasteiger partial charge in [-0.1, -0.05) is 52.3 Å². The molecule has 2 aromatic rings. The molecule has 2 unspecified atom stereocenters. The highest BCUT2D eigenvalue weighted by Gasteiger charge is 2.29. The predicted octanol–water partition coefficient (Wildman–Crippen LogP) is 5.54. The molecule has 0 bridgehead atoms.